The first-order valence-electron chi connectivity index (χ1n) is 14.2. The Morgan fingerprint density at radius 2 is 1.71 bits per heavy atom. The zero-order chi connectivity index (χ0) is 29.7. The molecule has 3 aromatic rings. The number of hydrogen-bond donors (Lipinski definition) is 2. The van der Waals surface area contributed by atoms with Crippen LogP contribution in [-0.2, 0) is 22.4 Å². The highest BCUT2D eigenvalue weighted by Gasteiger charge is 2.62. The third-order valence-electron chi connectivity index (χ3n) is 8.21. The van der Waals surface area contributed by atoms with Crippen LogP contribution in [0.4, 0.5) is 5.82 Å². The molecule has 4 atom stereocenters. The molecule has 12 nitrogen and oxygen atoms in total. The molecule has 0 bridgehead atoms. The molecule has 41 heavy (non-hydrogen) atoms. The largest absolute Gasteiger partial charge is 0.470 e. The van der Waals surface area contributed by atoms with Crippen molar-refractivity contribution in [2.24, 2.45) is 0 Å². The van der Waals surface area contributed by atoms with E-state index in [1.54, 1.807) is 23.3 Å². The van der Waals surface area contributed by atoms with E-state index in [1.807, 2.05) is 0 Å². The molecule has 0 amide bonds. The fraction of sp³-hybridized carbons (Fsp3) is 0.654. The number of nitrogens with zero attached hydrogens (tertiary/aromatic N) is 5. The number of nitrogens with two attached hydrogens (primary N) is 1. The van der Waals surface area contributed by atoms with Gasteiger partial charge in [0.25, 0.3) is 0 Å². The van der Waals surface area contributed by atoms with Gasteiger partial charge in [-0.15, -0.1) is 0 Å². The number of aromatic nitrogens is 6. The Kier molecular flexibility index (Phi) is 8.41. The number of rotatable bonds is 7. The number of aromatic amines is 1. The van der Waals surface area contributed by atoms with Crippen LogP contribution in [0.1, 0.15) is 67.4 Å². The summed E-state index contributed by atoms with van der Waals surface area (Å²) in [4.78, 5) is 20.4. The molecule has 224 valence electrons. The molecule has 2 aliphatic rings. The molecule has 3 aromatic heterocycles. The number of fused-ring (bicyclic) bond motifs is 2. The summed E-state index contributed by atoms with van der Waals surface area (Å²) < 4.78 is 36.7. The van der Waals surface area contributed by atoms with Gasteiger partial charge in [0.1, 0.15) is 24.1 Å². The lowest BCUT2D eigenvalue weighted by Crippen LogP contribution is -2.66. The standard InChI is InChI=1S/C26H41N7O5SSi2/c1-14(2)40(15(3)4)34-11-18-20(37-41(38-40,16(5)6)17(7)8)21(36-26(39)23-28-9-10-29-23)25(35-18)33-13-32-19-22(27)30-12-31-24(19)33/h9-10,12-18,20-21,25H,11H2,1-8H3,(H,28,29)(H2,27,30,31)/t18-,20-,21-,25-/m1/s1. The number of anilines is 1. The van der Waals surface area contributed by atoms with E-state index in [1.165, 1.54) is 6.33 Å². The fourth-order valence-electron chi connectivity index (χ4n) is 6.08. The lowest BCUT2D eigenvalue weighted by molar-refractivity contribution is -0.0564. The highest BCUT2D eigenvalue weighted by atomic mass is 32.1. The second kappa shape index (κ2) is 11.4. The summed E-state index contributed by atoms with van der Waals surface area (Å²) in [5.74, 6) is 0.731. The van der Waals surface area contributed by atoms with E-state index in [2.05, 4.69) is 80.3 Å². The summed E-state index contributed by atoms with van der Waals surface area (Å²) >= 11 is 5.69. The minimum Gasteiger partial charge on any atom is -0.470 e. The van der Waals surface area contributed by atoms with Crippen molar-refractivity contribution in [3.05, 3.63) is 30.9 Å². The average molecular weight is 620 g/mol. The first-order valence-corrected chi connectivity index (χ1v) is 18.6. The van der Waals surface area contributed by atoms with Gasteiger partial charge in [0.15, 0.2) is 29.6 Å². The first-order chi connectivity index (χ1) is 19.4. The quantitative estimate of drug-likeness (QED) is 0.279. The maximum Gasteiger partial charge on any atom is 0.335 e. The van der Waals surface area contributed by atoms with Crippen molar-refractivity contribution in [2.75, 3.05) is 12.3 Å². The van der Waals surface area contributed by atoms with Gasteiger partial charge in [-0.05, 0) is 34.4 Å². The van der Waals surface area contributed by atoms with Gasteiger partial charge in [-0.25, -0.2) is 19.9 Å². The topological polar surface area (TPSA) is 144 Å². The molecule has 2 aliphatic heterocycles. The number of nitrogen functional groups attached to an aromatic ring is 1. The van der Waals surface area contributed by atoms with Crippen molar-refractivity contribution in [1.29, 1.82) is 0 Å². The van der Waals surface area contributed by atoms with Gasteiger partial charge in [0.2, 0.25) is 5.05 Å². The van der Waals surface area contributed by atoms with Crippen molar-refractivity contribution in [3.8, 4) is 0 Å². The Morgan fingerprint density at radius 3 is 2.32 bits per heavy atom. The minimum atomic E-state index is -2.96. The minimum absolute atomic E-state index is 0.132. The zero-order valence-corrected chi connectivity index (χ0v) is 27.7. The van der Waals surface area contributed by atoms with Crippen molar-refractivity contribution in [3.63, 3.8) is 0 Å². The van der Waals surface area contributed by atoms with Gasteiger partial charge in [-0.3, -0.25) is 4.57 Å². The Hall–Kier alpha value is -2.28. The highest BCUT2D eigenvalue weighted by Crippen LogP contribution is 2.49. The van der Waals surface area contributed by atoms with Crippen LogP contribution in [0.15, 0.2) is 25.0 Å². The summed E-state index contributed by atoms with van der Waals surface area (Å²) in [5, 5.41) is 0.203. The highest BCUT2D eigenvalue weighted by molar-refractivity contribution is 7.80. The molecule has 3 N–H and O–H groups in total. The molecular weight excluding hydrogens is 579 g/mol. The molecule has 5 rings (SSSR count). The molecule has 5 heterocycles. The monoisotopic (exact) mass is 619 g/mol. The molecule has 0 saturated carbocycles. The van der Waals surface area contributed by atoms with Gasteiger partial charge in [0.05, 0.1) is 12.9 Å². The number of imidazole rings is 2. The predicted octanol–water partition coefficient (Wildman–Crippen LogP) is 4.75. The number of thiocarbonyl (C=S) groups is 1. The average Bonchev–Trinajstić information content (AvgIpc) is 3.64. The first kappa shape index (κ1) is 30.2. The predicted molar refractivity (Wildman–Crippen MR) is 163 cm³/mol. The van der Waals surface area contributed by atoms with Crippen LogP contribution in [0, 0.1) is 0 Å². The Labute approximate surface area is 248 Å². The smallest absolute Gasteiger partial charge is 0.335 e. The van der Waals surface area contributed by atoms with E-state index >= 15 is 0 Å². The van der Waals surface area contributed by atoms with Gasteiger partial charge >= 0.3 is 17.1 Å². The van der Waals surface area contributed by atoms with Crippen LogP contribution in [0.25, 0.3) is 11.2 Å². The molecular formula is C26H41N7O5SSi2. The molecule has 2 saturated heterocycles. The number of ether oxygens (including phenoxy) is 2. The van der Waals surface area contributed by atoms with E-state index in [0.29, 0.717) is 23.6 Å². The lowest BCUT2D eigenvalue weighted by atomic mass is 10.1. The Balaban J connectivity index is 1.63. The molecule has 0 aromatic carbocycles. The van der Waals surface area contributed by atoms with Crippen LogP contribution >= 0.6 is 12.2 Å². The summed E-state index contributed by atoms with van der Waals surface area (Å²) in [6.07, 6.45) is 3.99. The second-order valence-electron chi connectivity index (χ2n) is 12.0. The summed E-state index contributed by atoms with van der Waals surface area (Å²) in [7, 11) is -5.72. The summed E-state index contributed by atoms with van der Waals surface area (Å²) in [5.41, 5.74) is 7.80. The lowest BCUT2D eigenvalue weighted by Gasteiger charge is -2.51. The van der Waals surface area contributed by atoms with Gasteiger partial charge in [-0.2, -0.15) is 0 Å². The van der Waals surface area contributed by atoms with Crippen molar-refractivity contribution in [1.82, 2.24) is 29.5 Å². The normalized spacial score (nSPS) is 26.0. The fourth-order valence-corrected chi connectivity index (χ4v) is 17.5. The number of hydrogen-bond acceptors (Lipinski definition) is 11. The van der Waals surface area contributed by atoms with E-state index < -0.39 is 41.7 Å². The van der Waals surface area contributed by atoms with Gasteiger partial charge in [0, 0.05) is 12.4 Å². The van der Waals surface area contributed by atoms with Crippen LogP contribution in [-0.4, -0.2) is 76.6 Å². The molecule has 15 heteroatoms. The van der Waals surface area contributed by atoms with E-state index in [0.717, 1.165) is 0 Å². The van der Waals surface area contributed by atoms with Crippen molar-refractivity contribution >= 4 is 51.4 Å². The maximum atomic E-state index is 7.37. The van der Waals surface area contributed by atoms with Gasteiger partial charge in [-0.1, -0.05) is 55.4 Å². The maximum absolute atomic E-state index is 7.37. The molecule has 0 unspecified atom stereocenters. The third kappa shape index (κ3) is 5.15. The zero-order valence-electron chi connectivity index (χ0n) is 24.9. The summed E-state index contributed by atoms with van der Waals surface area (Å²) in [6.45, 7) is 17.8. The van der Waals surface area contributed by atoms with Crippen molar-refractivity contribution in [2.45, 2.75) is 102 Å². The summed E-state index contributed by atoms with van der Waals surface area (Å²) in [6, 6.07) is 0. The van der Waals surface area contributed by atoms with Crippen LogP contribution in [0.5, 0.6) is 0 Å². The van der Waals surface area contributed by atoms with Gasteiger partial charge < -0.3 is 33.2 Å². The second-order valence-corrected chi connectivity index (χ2v) is 21.2. The SMILES string of the molecule is CC(C)[Si]1(C(C)C)OC[C@H]2O[C@@H](n3cnc4c(N)ncnc43)[C@H](OC(=S)c3ncc[nH]3)[C@@H]2O[Si](C(C)C)(C(C)C)O1. The third-order valence-corrected chi connectivity index (χ3v) is 18.8. The van der Waals surface area contributed by atoms with Crippen LogP contribution in [0.2, 0.25) is 22.2 Å². The van der Waals surface area contributed by atoms with E-state index in [4.69, 9.17) is 40.4 Å². The molecule has 0 aliphatic carbocycles. The van der Waals surface area contributed by atoms with Crippen LogP contribution < -0.4 is 5.73 Å². The Morgan fingerprint density at radius 1 is 1.02 bits per heavy atom. The molecule has 2 fully saturated rings. The van der Waals surface area contributed by atoms with Crippen molar-refractivity contribution < 1.29 is 22.4 Å². The number of nitrogens with one attached hydrogen (secondary N) is 1. The number of H-pyrrole nitrogens is 1. The Bertz CT molecular complexity index is 1350. The van der Waals surface area contributed by atoms with E-state index in [-0.39, 0.29) is 33.0 Å². The molecule has 0 spiro atoms. The van der Waals surface area contributed by atoms with Crippen LogP contribution in [0.3, 0.4) is 0 Å². The van der Waals surface area contributed by atoms with E-state index in [9.17, 15) is 0 Å². The molecule has 0 radical (unpaired) electrons.